The highest BCUT2D eigenvalue weighted by Gasteiger charge is 2.20. The number of furan rings is 1. The van der Waals surface area contributed by atoms with Gasteiger partial charge in [0, 0.05) is 18.6 Å². The average molecular weight is 384 g/mol. The molecule has 1 amide bonds. The van der Waals surface area contributed by atoms with Gasteiger partial charge in [-0.2, -0.15) is 0 Å². The van der Waals surface area contributed by atoms with Crippen LogP contribution >= 0.6 is 11.6 Å². The van der Waals surface area contributed by atoms with E-state index >= 15 is 0 Å². The maximum absolute atomic E-state index is 12.4. The van der Waals surface area contributed by atoms with E-state index in [-0.39, 0.29) is 28.9 Å². The van der Waals surface area contributed by atoms with Gasteiger partial charge in [-0.15, -0.1) is 0 Å². The Bertz CT molecular complexity index is 829. The zero-order valence-corrected chi connectivity index (χ0v) is 15.9. The largest absolute Gasteiger partial charge is 0.455 e. The predicted molar refractivity (Wildman–Crippen MR) is 98.4 cm³/mol. The van der Waals surface area contributed by atoms with Crippen molar-refractivity contribution in [3.05, 3.63) is 58.5 Å². The zero-order valence-electron chi connectivity index (χ0n) is 14.4. The molecule has 0 bridgehead atoms. The summed E-state index contributed by atoms with van der Waals surface area (Å²) in [7, 11) is -1.76. The highest BCUT2D eigenvalue weighted by Crippen LogP contribution is 2.21. The number of hydrogen-bond acceptors (Lipinski definition) is 4. The van der Waals surface area contributed by atoms with Gasteiger partial charge in [0.25, 0.3) is 5.91 Å². The van der Waals surface area contributed by atoms with E-state index in [1.165, 1.54) is 12.1 Å². The van der Waals surface area contributed by atoms with Crippen LogP contribution in [0.3, 0.4) is 0 Å². The SMILES string of the molecule is CCCCN(C)C(=O)c1ccc(CS(=O)(=O)Cc2ccccc2Cl)o1. The standard InChI is InChI=1S/C18H22ClNO4S/c1-3-4-11-20(2)18(21)17-10-9-15(24-17)13-25(22,23)12-14-7-5-6-8-16(14)19/h5-10H,3-4,11-13H2,1-2H3. The van der Waals surface area contributed by atoms with Crippen LogP contribution in [0.5, 0.6) is 0 Å². The number of nitrogens with zero attached hydrogens (tertiary/aromatic N) is 1. The number of rotatable bonds is 8. The number of benzene rings is 1. The van der Waals surface area contributed by atoms with Gasteiger partial charge in [0.2, 0.25) is 0 Å². The topological polar surface area (TPSA) is 67.6 Å². The molecule has 1 aromatic carbocycles. The lowest BCUT2D eigenvalue weighted by molar-refractivity contribution is 0.0760. The van der Waals surface area contributed by atoms with Gasteiger partial charge in [-0.3, -0.25) is 4.79 Å². The van der Waals surface area contributed by atoms with Gasteiger partial charge in [-0.05, 0) is 30.2 Å². The summed E-state index contributed by atoms with van der Waals surface area (Å²) in [6, 6.07) is 9.88. The highest BCUT2D eigenvalue weighted by molar-refractivity contribution is 7.89. The van der Waals surface area contributed by atoms with Crippen LogP contribution in [0, 0.1) is 0 Å². The summed E-state index contributed by atoms with van der Waals surface area (Å²) in [5.41, 5.74) is 0.548. The Morgan fingerprint density at radius 2 is 1.88 bits per heavy atom. The van der Waals surface area contributed by atoms with Gasteiger partial charge in [-0.25, -0.2) is 8.42 Å². The molecule has 7 heteroatoms. The molecule has 0 aliphatic rings. The van der Waals surface area contributed by atoms with Crippen molar-refractivity contribution in [3.8, 4) is 0 Å². The van der Waals surface area contributed by atoms with E-state index in [2.05, 4.69) is 0 Å². The summed E-state index contributed by atoms with van der Waals surface area (Å²) in [6.07, 6.45) is 1.89. The molecule has 2 aromatic rings. The molecule has 2 rings (SSSR count). The molecule has 0 N–H and O–H groups in total. The molecule has 0 aliphatic carbocycles. The fraction of sp³-hybridized carbons (Fsp3) is 0.389. The third-order valence-electron chi connectivity index (χ3n) is 3.76. The van der Waals surface area contributed by atoms with Crippen LogP contribution in [0.2, 0.25) is 5.02 Å². The molecule has 0 atom stereocenters. The Hall–Kier alpha value is -1.79. The van der Waals surface area contributed by atoms with E-state index in [1.807, 2.05) is 6.92 Å². The summed E-state index contributed by atoms with van der Waals surface area (Å²) < 4.78 is 30.2. The molecule has 1 aromatic heterocycles. The second-order valence-electron chi connectivity index (χ2n) is 5.97. The molecular weight excluding hydrogens is 362 g/mol. The van der Waals surface area contributed by atoms with Crippen molar-refractivity contribution in [2.45, 2.75) is 31.3 Å². The Morgan fingerprint density at radius 1 is 1.16 bits per heavy atom. The lowest BCUT2D eigenvalue weighted by Gasteiger charge is -2.14. The third-order valence-corrected chi connectivity index (χ3v) is 5.61. The van der Waals surface area contributed by atoms with Crippen LogP contribution in [-0.2, 0) is 21.3 Å². The maximum Gasteiger partial charge on any atom is 0.289 e. The quantitative estimate of drug-likeness (QED) is 0.692. The number of hydrogen-bond donors (Lipinski definition) is 0. The van der Waals surface area contributed by atoms with E-state index in [9.17, 15) is 13.2 Å². The summed E-state index contributed by atoms with van der Waals surface area (Å²) in [5.74, 6) is -0.291. The summed E-state index contributed by atoms with van der Waals surface area (Å²) in [5, 5.41) is 0.416. The Morgan fingerprint density at radius 3 is 2.56 bits per heavy atom. The fourth-order valence-corrected chi connectivity index (χ4v) is 4.07. The molecule has 0 spiro atoms. The van der Waals surface area contributed by atoms with E-state index in [0.29, 0.717) is 17.1 Å². The number of amides is 1. The van der Waals surface area contributed by atoms with E-state index in [1.54, 1.807) is 36.2 Å². The van der Waals surface area contributed by atoms with Gasteiger partial charge < -0.3 is 9.32 Å². The number of carbonyl (C=O) groups excluding carboxylic acids is 1. The van der Waals surface area contributed by atoms with E-state index in [0.717, 1.165) is 12.8 Å². The molecule has 136 valence electrons. The van der Waals surface area contributed by atoms with Gasteiger partial charge in [0.15, 0.2) is 15.6 Å². The number of halogens is 1. The highest BCUT2D eigenvalue weighted by atomic mass is 35.5. The van der Waals surface area contributed by atoms with Crippen LogP contribution in [0.15, 0.2) is 40.8 Å². The van der Waals surface area contributed by atoms with Crippen LogP contribution in [0.25, 0.3) is 0 Å². The lowest BCUT2D eigenvalue weighted by Crippen LogP contribution is -2.27. The van der Waals surface area contributed by atoms with Crippen molar-refractivity contribution in [2.24, 2.45) is 0 Å². The molecule has 0 aliphatic heterocycles. The van der Waals surface area contributed by atoms with Crippen molar-refractivity contribution >= 4 is 27.3 Å². The molecule has 5 nitrogen and oxygen atoms in total. The van der Waals surface area contributed by atoms with Crippen LogP contribution in [0.1, 0.15) is 41.6 Å². The summed E-state index contributed by atoms with van der Waals surface area (Å²) >= 11 is 6.02. The lowest BCUT2D eigenvalue weighted by atomic mass is 10.2. The average Bonchev–Trinajstić information content (AvgIpc) is 3.01. The molecule has 0 saturated heterocycles. The molecular formula is C18H22ClNO4S. The molecule has 1 heterocycles. The molecule has 0 unspecified atom stereocenters. The summed E-state index contributed by atoms with van der Waals surface area (Å²) in [4.78, 5) is 13.8. The van der Waals surface area contributed by atoms with Gasteiger partial charge in [0.05, 0.1) is 5.75 Å². The van der Waals surface area contributed by atoms with E-state index < -0.39 is 9.84 Å². The van der Waals surface area contributed by atoms with Crippen molar-refractivity contribution in [1.82, 2.24) is 4.90 Å². The van der Waals surface area contributed by atoms with Crippen molar-refractivity contribution in [3.63, 3.8) is 0 Å². The Kier molecular flexibility index (Phi) is 6.67. The fourth-order valence-electron chi connectivity index (χ4n) is 2.38. The zero-order chi connectivity index (χ0) is 18.4. The van der Waals surface area contributed by atoms with Crippen molar-refractivity contribution < 1.29 is 17.6 Å². The minimum Gasteiger partial charge on any atom is -0.455 e. The first-order valence-electron chi connectivity index (χ1n) is 8.10. The van der Waals surface area contributed by atoms with Gasteiger partial charge >= 0.3 is 0 Å². The monoisotopic (exact) mass is 383 g/mol. The molecule has 0 radical (unpaired) electrons. The summed E-state index contributed by atoms with van der Waals surface area (Å²) in [6.45, 7) is 2.68. The van der Waals surface area contributed by atoms with Gasteiger partial charge in [-0.1, -0.05) is 43.1 Å². The predicted octanol–water partition coefficient (Wildman–Crippen LogP) is 3.92. The number of unbranched alkanes of at least 4 members (excludes halogenated alkanes) is 1. The third kappa shape index (κ3) is 5.61. The van der Waals surface area contributed by atoms with Crippen LogP contribution in [-0.4, -0.2) is 32.8 Å². The number of carbonyl (C=O) groups is 1. The van der Waals surface area contributed by atoms with Crippen LogP contribution < -0.4 is 0 Å². The maximum atomic E-state index is 12.4. The van der Waals surface area contributed by atoms with Crippen molar-refractivity contribution in [1.29, 1.82) is 0 Å². The minimum atomic E-state index is -3.46. The number of sulfone groups is 1. The second kappa shape index (κ2) is 8.54. The minimum absolute atomic E-state index is 0.154. The van der Waals surface area contributed by atoms with Gasteiger partial charge in [0.1, 0.15) is 11.5 Å². The first-order valence-corrected chi connectivity index (χ1v) is 10.3. The molecule has 0 saturated carbocycles. The molecule has 0 fully saturated rings. The Balaban J connectivity index is 2.05. The molecule has 25 heavy (non-hydrogen) atoms. The first kappa shape index (κ1) is 19.5. The van der Waals surface area contributed by atoms with Crippen LogP contribution in [0.4, 0.5) is 0 Å². The Labute approximate surface area is 153 Å². The second-order valence-corrected chi connectivity index (χ2v) is 8.44. The smallest absolute Gasteiger partial charge is 0.289 e. The van der Waals surface area contributed by atoms with Crippen molar-refractivity contribution in [2.75, 3.05) is 13.6 Å². The van der Waals surface area contributed by atoms with E-state index in [4.69, 9.17) is 16.0 Å². The first-order chi connectivity index (χ1) is 11.8. The normalized spacial score (nSPS) is 11.5.